The lowest BCUT2D eigenvalue weighted by Crippen LogP contribution is -2.50. The Kier molecular flexibility index (Phi) is 8.77. The van der Waals surface area contributed by atoms with Gasteiger partial charge in [0.2, 0.25) is 11.8 Å². The maximum Gasteiger partial charge on any atom is 0.408 e. The number of carbonyl (C=O) groups is 2. The van der Waals surface area contributed by atoms with E-state index >= 15 is 4.39 Å². The van der Waals surface area contributed by atoms with Crippen molar-refractivity contribution < 1.29 is 32.6 Å². The average molecular weight is 570 g/mol. The van der Waals surface area contributed by atoms with E-state index in [0.717, 1.165) is 37.4 Å². The molecule has 12 heteroatoms. The number of nitrogens with one attached hydrogen (secondary N) is 2. The van der Waals surface area contributed by atoms with Gasteiger partial charge < -0.3 is 24.8 Å². The Bertz CT molecular complexity index is 1350. The molecule has 218 valence electrons. The van der Waals surface area contributed by atoms with Crippen molar-refractivity contribution in [2.75, 3.05) is 26.1 Å². The molecular weight excluding hydrogens is 536 g/mol. The molecule has 0 bridgehead atoms. The van der Waals surface area contributed by atoms with Crippen LogP contribution >= 0.6 is 0 Å². The number of rotatable bonds is 13. The van der Waals surface area contributed by atoms with Gasteiger partial charge >= 0.3 is 6.09 Å². The zero-order valence-electron chi connectivity index (χ0n) is 22.9. The molecule has 1 unspecified atom stereocenters. The van der Waals surface area contributed by atoms with Crippen LogP contribution < -0.4 is 15.4 Å². The summed E-state index contributed by atoms with van der Waals surface area (Å²) in [7, 11) is 2.83. The first kappa shape index (κ1) is 28.5. The fraction of sp³-hybridized carbons (Fsp3) is 0.448. The molecule has 2 aromatic heterocycles. The van der Waals surface area contributed by atoms with Gasteiger partial charge in [-0.15, -0.1) is 5.10 Å². The molecule has 2 N–H and O–H groups in total. The topological polar surface area (TPSA) is 117 Å². The largest absolute Gasteiger partial charge is 0.481 e. The van der Waals surface area contributed by atoms with Crippen molar-refractivity contribution in [2.24, 2.45) is 17.8 Å². The third kappa shape index (κ3) is 6.99. The van der Waals surface area contributed by atoms with Crippen molar-refractivity contribution in [3.8, 4) is 5.88 Å². The molecule has 0 spiro atoms. The SMILES string of the molecule is COCC(c1cc(F)cnc1OC)n1cc(NC(=O)[C@@H](NC(=O)OCc2ccccc2)C(C2CC2)C2CC2)c(F)n1. The summed E-state index contributed by atoms with van der Waals surface area (Å²) >= 11 is 0. The molecule has 2 fully saturated rings. The van der Waals surface area contributed by atoms with E-state index in [0.29, 0.717) is 11.8 Å². The average Bonchev–Trinajstić information content (AvgIpc) is 3.91. The number of aromatic nitrogens is 3. The van der Waals surface area contributed by atoms with Gasteiger partial charge in [-0.2, -0.15) is 4.39 Å². The third-order valence-electron chi connectivity index (χ3n) is 7.47. The molecule has 1 aromatic carbocycles. The molecular formula is C29H33F2N5O5. The van der Waals surface area contributed by atoms with E-state index in [2.05, 4.69) is 20.7 Å². The highest BCUT2D eigenvalue weighted by Gasteiger charge is 2.48. The molecule has 3 aromatic rings. The number of alkyl carbamates (subject to hydrolysis) is 1. The Morgan fingerprint density at radius 1 is 1.10 bits per heavy atom. The Morgan fingerprint density at radius 2 is 1.80 bits per heavy atom. The van der Waals surface area contributed by atoms with E-state index in [4.69, 9.17) is 14.2 Å². The number of amides is 2. The molecule has 5 rings (SSSR count). The van der Waals surface area contributed by atoms with Gasteiger partial charge in [-0.3, -0.25) is 9.48 Å². The number of anilines is 1. The van der Waals surface area contributed by atoms with Gasteiger partial charge in [-0.25, -0.2) is 14.2 Å². The second kappa shape index (κ2) is 12.6. The Hall–Kier alpha value is -4.06. The Labute approximate surface area is 236 Å². The summed E-state index contributed by atoms with van der Waals surface area (Å²) in [5, 5.41) is 9.30. The lowest BCUT2D eigenvalue weighted by molar-refractivity contribution is -0.119. The van der Waals surface area contributed by atoms with Crippen LogP contribution in [-0.2, 0) is 20.9 Å². The van der Waals surface area contributed by atoms with Crippen LogP contribution in [0.4, 0.5) is 19.3 Å². The van der Waals surface area contributed by atoms with Crippen LogP contribution in [0.1, 0.15) is 42.9 Å². The third-order valence-corrected chi connectivity index (χ3v) is 7.47. The number of hydrogen-bond acceptors (Lipinski definition) is 7. The standard InChI is InChI=1S/C29H33F2N5O5/c1-39-16-23(21-12-20(30)13-32-28(21)40-2)36-14-22(26(31)35-36)33-27(37)25(24(18-8-9-18)19-10-11-19)34-29(38)41-15-17-6-4-3-5-7-17/h3-7,12-14,18-19,23-25H,8-11,15-16H2,1-2H3,(H,33,37)(H,34,38)/t23?,25-/m0/s1. The number of nitrogens with zero attached hydrogens (tertiary/aromatic N) is 3. The van der Waals surface area contributed by atoms with Gasteiger partial charge in [0.05, 0.1) is 26.1 Å². The maximum atomic E-state index is 15.1. The molecule has 2 aliphatic rings. The predicted octanol–water partition coefficient (Wildman–Crippen LogP) is 4.47. The summed E-state index contributed by atoms with van der Waals surface area (Å²) in [5.41, 5.74) is 0.919. The fourth-order valence-corrected chi connectivity index (χ4v) is 5.26. The molecule has 41 heavy (non-hydrogen) atoms. The summed E-state index contributed by atoms with van der Waals surface area (Å²) in [5.74, 6) is -1.45. The van der Waals surface area contributed by atoms with Gasteiger partial charge in [-0.1, -0.05) is 30.3 Å². The fourth-order valence-electron chi connectivity index (χ4n) is 5.26. The van der Waals surface area contributed by atoms with E-state index in [-0.39, 0.29) is 36.3 Å². The van der Waals surface area contributed by atoms with E-state index < -0.39 is 35.8 Å². The summed E-state index contributed by atoms with van der Waals surface area (Å²) in [4.78, 5) is 30.3. The van der Waals surface area contributed by atoms with Crippen LogP contribution in [0.15, 0.2) is 48.8 Å². The Balaban J connectivity index is 1.35. The van der Waals surface area contributed by atoms with Crippen LogP contribution in [0.5, 0.6) is 5.88 Å². The number of carbonyl (C=O) groups excluding carboxylic acids is 2. The van der Waals surface area contributed by atoms with Crippen molar-refractivity contribution in [3.05, 3.63) is 71.7 Å². The highest BCUT2D eigenvalue weighted by Crippen LogP contribution is 2.51. The summed E-state index contributed by atoms with van der Waals surface area (Å²) in [6, 6.07) is 8.72. The lowest BCUT2D eigenvalue weighted by atomic mass is 9.89. The van der Waals surface area contributed by atoms with Crippen LogP contribution in [-0.4, -0.2) is 53.6 Å². The summed E-state index contributed by atoms with van der Waals surface area (Å²) < 4.78 is 46.3. The molecule has 2 heterocycles. The minimum Gasteiger partial charge on any atom is -0.481 e. The number of hydrogen-bond donors (Lipinski definition) is 2. The monoisotopic (exact) mass is 569 g/mol. The van der Waals surface area contributed by atoms with Crippen molar-refractivity contribution in [3.63, 3.8) is 0 Å². The zero-order valence-corrected chi connectivity index (χ0v) is 22.9. The van der Waals surface area contributed by atoms with Gasteiger partial charge in [0.15, 0.2) is 0 Å². The van der Waals surface area contributed by atoms with Crippen LogP contribution in [0.2, 0.25) is 0 Å². The number of ether oxygens (including phenoxy) is 3. The number of methoxy groups -OCH3 is 2. The summed E-state index contributed by atoms with van der Waals surface area (Å²) in [6.45, 7) is 0.0537. The van der Waals surface area contributed by atoms with E-state index in [1.54, 1.807) is 0 Å². The molecule has 2 saturated carbocycles. The smallest absolute Gasteiger partial charge is 0.408 e. The maximum absolute atomic E-state index is 15.1. The first-order valence-corrected chi connectivity index (χ1v) is 13.6. The second-order valence-corrected chi connectivity index (χ2v) is 10.5. The number of pyridine rings is 1. The first-order chi connectivity index (χ1) is 19.9. The van der Waals surface area contributed by atoms with E-state index in [1.807, 2.05) is 30.3 Å². The molecule has 0 radical (unpaired) electrons. The molecule has 0 saturated heterocycles. The highest BCUT2D eigenvalue weighted by molar-refractivity contribution is 5.96. The molecule has 2 atom stereocenters. The second-order valence-electron chi connectivity index (χ2n) is 10.5. The predicted molar refractivity (Wildman–Crippen MR) is 144 cm³/mol. The van der Waals surface area contributed by atoms with Crippen LogP contribution in [0.3, 0.4) is 0 Å². The van der Waals surface area contributed by atoms with Crippen molar-refractivity contribution in [2.45, 2.75) is 44.4 Å². The minimum atomic E-state index is -0.942. The summed E-state index contributed by atoms with van der Waals surface area (Å²) in [6.07, 6.45) is 5.48. The van der Waals surface area contributed by atoms with Crippen molar-refractivity contribution in [1.29, 1.82) is 0 Å². The van der Waals surface area contributed by atoms with Gasteiger partial charge in [0.1, 0.15) is 30.2 Å². The molecule has 0 aliphatic heterocycles. The van der Waals surface area contributed by atoms with Crippen LogP contribution in [0.25, 0.3) is 0 Å². The van der Waals surface area contributed by atoms with Crippen LogP contribution in [0, 0.1) is 29.5 Å². The zero-order chi connectivity index (χ0) is 28.9. The molecule has 10 nitrogen and oxygen atoms in total. The number of halogens is 2. The quantitative estimate of drug-likeness (QED) is 0.312. The Morgan fingerprint density at radius 3 is 2.44 bits per heavy atom. The van der Waals surface area contributed by atoms with Gasteiger partial charge in [-0.05, 0) is 55.1 Å². The van der Waals surface area contributed by atoms with E-state index in [9.17, 15) is 14.0 Å². The first-order valence-electron chi connectivity index (χ1n) is 13.6. The minimum absolute atomic E-state index is 0.00112. The van der Waals surface area contributed by atoms with Gasteiger partial charge in [0, 0.05) is 12.7 Å². The van der Waals surface area contributed by atoms with Crippen molar-refractivity contribution in [1.82, 2.24) is 20.1 Å². The lowest BCUT2D eigenvalue weighted by Gasteiger charge is -2.27. The normalized spacial score (nSPS) is 16.2. The van der Waals surface area contributed by atoms with Crippen molar-refractivity contribution >= 4 is 17.7 Å². The highest BCUT2D eigenvalue weighted by atomic mass is 19.1. The molecule has 2 aliphatic carbocycles. The number of benzene rings is 1. The van der Waals surface area contributed by atoms with Gasteiger partial charge in [0.25, 0.3) is 5.95 Å². The molecule has 2 amide bonds. The van der Waals surface area contributed by atoms with E-state index in [1.165, 1.54) is 31.2 Å².